The van der Waals surface area contributed by atoms with Gasteiger partial charge in [-0.3, -0.25) is 9.59 Å². The molecule has 0 atom stereocenters. The van der Waals surface area contributed by atoms with Gasteiger partial charge in [0.15, 0.2) is 18.1 Å². The van der Waals surface area contributed by atoms with E-state index < -0.39 is 24.4 Å². The normalized spacial score (nSPS) is 12.1. The van der Waals surface area contributed by atoms with Gasteiger partial charge in [0, 0.05) is 17.0 Å². The number of esters is 1. The first-order valence-electron chi connectivity index (χ1n) is 9.10. The van der Waals surface area contributed by atoms with E-state index in [9.17, 15) is 14.4 Å². The topological polar surface area (TPSA) is 126 Å². The van der Waals surface area contributed by atoms with E-state index >= 15 is 0 Å². The summed E-state index contributed by atoms with van der Waals surface area (Å²) in [4.78, 5) is 37.7. The zero-order chi connectivity index (χ0) is 21.8. The highest BCUT2D eigenvalue weighted by Crippen LogP contribution is 2.39. The highest BCUT2D eigenvalue weighted by molar-refractivity contribution is 7.17. The Bertz CT molecular complexity index is 1000. The van der Waals surface area contributed by atoms with E-state index in [0.29, 0.717) is 22.1 Å². The molecule has 0 saturated carbocycles. The van der Waals surface area contributed by atoms with E-state index in [0.717, 1.165) is 29.7 Å². The number of carbonyl (C=O) groups excluding carboxylic acids is 3. The molecule has 2 aromatic rings. The molecule has 0 bridgehead atoms. The fourth-order valence-electron chi connectivity index (χ4n) is 3.31. The number of rotatable bonds is 8. The molecule has 3 N–H and O–H groups in total. The fourth-order valence-corrected chi connectivity index (χ4v) is 4.62. The summed E-state index contributed by atoms with van der Waals surface area (Å²) in [6, 6.07) is 2.90. The van der Waals surface area contributed by atoms with Crippen molar-refractivity contribution in [3.05, 3.63) is 33.7 Å². The maximum atomic E-state index is 12.5. The van der Waals surface area contributed by atoms with E-state index in [1.807, 2.05) is 0 Å². The van der Waals surface area contributed by atoms with Crippen LogP contribution in [-0.4, -0.2) is 45.7 Å². The third-order valence-electron chi connectivity index (χ3n) is 4.68. The average Bonchev–Trinajstić information content (AvgIpc) is 3.31. The molecule has 1 aromatic heterocycles. The van der Waals surface area contributed by atoms with Crippen LogP contribution in [0.1, 0.15) is 37.6 Å². The number of hydrogen-bond donors (Lipinski definition) is 2. The van der Waals surface area contributed by atoms with Gasteiger partial charge in [-0.2, -0.15) is 0 Å². The number of amides is 2. The Morgan fingerprint density at radius 1 is 1.03 bits per heavy atom. The Hall–Kier alpha value is -3.27. The minimum Gasteiger partial charge on any atom is -0.496 e. The summed E-state index contributed by atoms with van der Waals surface area (Å²) in [5.74, 6) is -1.03. The van der Waals surface area contributed by atoms with Gasteiger partial charge in [0.2, 0.25) is 0 Å². The van der Waals surface area contributed by atoms with Gasteiger partial charge >= 0.3 is 5.97 Å². The van der Waals surface area contributed by atoms with Crippen molar-refractivity contribution < 1.29 is 33.3 Å². The van der Waals surface area contributed by atoms with Gasteiger partial charge in [0.1, 0.15) is 16.3 Å². The number of primary amides is 1. The predicted molar refractivity (Wildman–Crippen MR) is 110 cm³/mol. The van der Waals surface area contributed by atoms with Gasteiger partial charge in [-0.25, -0.2) is 4.79 Å². The number of nitrogens with one attached hydrogen (secondary N) is 1. The van der Waals surface area contributed by atoms with Crippen molar-refractivity contribution in [2.24, 2.45) is 5.73 Å². The first kappa shape index (κ1) is 21.4. The number of thiophene rings is 1. The Labute approximate surface area is 177 Å². The van der Waals surface area contributed by atoms with Crippen LogP contribution >= 0.6 is 11.3 Å². The predicted octanol–water partition coefficient (Wildman–Crippen LogP) is 2.16. The summed E-state index contributed by atoms with van der Waals surface area (Å²) < 4.78 is 20.7. The Balaban J connectivity index is 1.70. The summed E-state index contributed by atoms with van der Waals surface area (Å²) in [5, 5.41) is 3.01. The van der Waals surface area contributed by atoms with Crippen LogP contribution < -0.4 is 25.3 Å². The maximum Gasteiger partial charge on any atom is 0.342 e. The van der Waals surface area contributed by atoms with Crippen LogP contribution in [0.25, 0.3) is 0 Å². The highest BCUT2D eigenvalue weighted by atomic mass is 32.1. The largest absolute Gasteiger partial charge is 0.496 e. The van der Waals surface area contributed by atoms with Gasteiger partial charge in [-0.1, -0.05) is 0 Å². The van der Waals surface area contributed by atoms with E-state index in [4.69, 9.17) is 24.7 Å². The van der Waals surface area contributed by atoms with Crippen molar-refractivity contribution in [2.45, 2.75) is 19.3 Å². The molecule has 0 saturated heterocycles. The third-order valence-corrected chi connectivity index (χ3v) is 5.89. The van der Waals surface area contributed by atoms with Crippen LogP contribution in [0.4, 0.5) is 5.00 Å². The zero-order valence-corrected chi connectivity index (χ0v) is 17.6. The zero-order valence-electron chi connectivity index (χ0n) is 16.8. The Morgan fingerprint density at radius 3 is 2.33 bits per heavy atom. The number of methoxy groups -OCH3 is 3. The van der Waals surface area contributed by atoms with Crippen LogP contribution in [0.2, 0.25) is 0 Å². The van der Waals surface area contributed by atoms with E-state index in [1.54, 1.807) is 0 Å². The fraction of sp³-hybridized carbons (Fsp3) is 0.350. The summed E-state index contributed by atoms with van der Waals surface area (Å²) >= 11 is 1.33. The number of nitrogens with two attached hydrogens (primary N) is 1. The van der Waals surface area contributed by atoms with Crippen LogP contribution in [0.15, 0.2) is 12.1 Å². The van der Waals surface area contributed by atoms with Crippen molar-refractivity contribution in [3.8, 4) is 17.2 Å². The molecular formula is C20H22N2O7S. The molecule has 0 fully saturated rings. The second-order valence-electron chi connectivity index (χ2n) is 6.46. The lowest BCUT2D eigenvalue weighted by atomic mass is 10.1. The second-order valence-corrected chi connectivity index (χ2v) is 7.56. The first-order chi connectivity index (χ1) is 14.4. The molecule has 30 heavy (non-hydrogen) atoms. The molecule has 1 aliphatic rings. The average molecular weight is 434 g/mol. The Morgan fingerprint density at radius 2 is 1.70 bits per heavy atom. The van der Waals surface area contributed by atoms with E-state index in [-0.39, 0.29) is 11.3 Å². The van der Waals surface area contributed by atoms with Gasteiger partial charge < -0.3 is 30.0 Å². The molecule has 0 radical (unpaired) electrons. The van der Waals surface area contributed by atoms with Gasteiger partial charge in [0.25, 0.3) is 11.8 Å². The number of fused-ring (bicyclic) bond motifs is 1. The van der Waals surface area contributed by atoms with Gasteiger partial charge in [-0.15, -0.1) is 11.3 Å². The van der Waals surface area contributed by atoms with Crippen molar-refractivity contribution in [1.29, 1.82) is 0 Å². The molecule has 0 unspecified atom stereocenters. The maximum absolute atomic E-state index is 12.5. The Kier molecular flexibility index (Phi) is 6.46. The summed E-state index contributed by atoms with van der Waals surface area (Å²) in [5.41, 5.74) is 6.80. The number of benzene rings is 1. The lowest BCUT2D eigenvalue weighted by molar-refractivity contribution is -0.119. The summed E-state index contributed by atoms with van der Waals surface area (Å²) in [6.45, 7) is -0.545. The monoisotopic (exact) mass is 434 g/mol. The van der Waals surface area contributed by atoms with Gasteiger partial charge in [-0.05, 0) is 24.8 Å². The molecule has 0 aliphatic heterocycles. The van der Waals surface area contributed by atoms with E-state index in [2.05, 4.69) is 5.32 Å². The number of carbonyl (C=O) groups is 3. The molecule has 1 aromatic carbocycles. The number of aryl methyl sites for hydroxylation is 1. The van der Waals surface area contributed by atoms with E-state index in [1.165, 1.54) is 44.8 Å². The second kappa shape index (κ2) is 9.04. The van der Waals surface area contributed by atoms with Crippen molar-refractivity contribution >= 4 is 34.1 Å². The molecule has 2 amide bonds. The quantitative estimate of drug-likeness (QED) is 0.610. The summed E-state index contributed by atoms with van der Waals surface area (Å²) in [7, 11) is 4.29. The minimum atomic E-state index is -0.772. The summed E-state index contributed by atoms with van der Waals surface area (Å²) in [6.07, 6.45) is 2.57. The number of anilines is 1. The third kappa shape index (κ3) is 4.18. The van der Waals surface area contributed by atoms with Crippen LogP contribution in [0.3, 0.4) is 0 Å². The smallest absolute Gasteiger partial charge is 0.342 e. The van der Waals surface area contributed by atoms with Crippen LogP contribution in [0.5, 0.6) is 17.2 Å². The molecule has 0 spiro atoms. The minimum absolute atomic E-state index is 0.0795. The molecular weight excluding hydrogens is 412 g/mol. The molecule has 1 aliphatic carbocycles. The SMILES string of the molecule is COc1cc(OC)c(C(=O)OCC(=O)Nc2sc3c(c2C(N)=O)CCC3)cc1OC. The molecule has 9 nitrogen and oxygen atoms in total. The number of ether oxygens (including phenoxy) is 4. The lowest BCUT2D eigenvalue weighted by Crippen LogP contribution is -2.23. The number of hydrogen-bond acceptors (Lipinski definition) is 8. The van der Waals surface area contributed by atoms with Gasteiger partial charge in [0.05, 0.1) is 26.9 Å². The van der Waals surface area contributed by atoms with Crippen molar-refractivity contribution in [2.75, 3.05) is 33.3 Å². The van der Waals surface area contributed by atoms with Crippen molar-refractivity contribution in [1.82, 2.24) is 0 Å². The standard InChI is InChI=1S/C20H22N2O7S/c1-26-12-8-14(28-3)13(27-2)7-11(12)20(25)29-9-16(23)22-19-17(18(21)24)10-5-4-6-15(10)30-19/h7-8H,4-6,9H2,1-3H3,(H2,21,24)(H,22,23). The van der Waals surface area contributed by atoms with Crippen LogP contribution in [-0.2, 0) is 22.4 Å². The first-order valence-corrected chi connectivity index (χ1v) is 9.92. The van der Waals surface area contributed by atoms with Crippen LogP contribution in [0, 0.1) is 0 Å². The van der Waals surface area contributed by atoms with Crippen molar-refractivity contribution in [3.63, 3.8) is 0 Å². The highest BCUT2D eigenvalue weighted by Gasteiger charge is 2.26. The molecule has 3 rings (SSSR count). The lowest BCUT2D eigenvalue weighted by Gasteiger charge is -2.13. The molecule has 160 valence electrons. The molecule has 10 heteroatoms. The molecule has 1 heterocycles.